The van der Waals surface area contributed by atoms with Crippen molar-refractivity contribution in [2.75, 3.05) is 11.1 Å². The van der Waals surface area contributed by atoms with Gasteiger partial charge >= 0.3 is 0 Å². The van der Waals surface area contributed by atoms with Gasteiger partial charge in [-0.25, -0.2) is 4.98 Å². The molecule has 4 nitrogen and oxygen atoms in total. The molecule has 2 aromatic carbocycles. The normalized spacial score (nSPS) is 10.3. The zero-order valence-corrected chi connectivity index (χ0v) is 11.9. The first-order valence-electron chi connectivity index (χ1n) is 6.40. The highest BCUT2D eigenvalue weighted by atomic mass is 32.1. The van der Waals surface area contributed by atoms with Crippen LogP contribution in [0.5, 0.6) is 0 Å². The van der Waals surface area contributed by atoms with Crippen LogP contribution in [0.25, 0.3) is 11.1 Å². The number of hydrogen-bond donors (Lipinski definition) is 2. The molecule has 1 amide bonds. The number of nitrogen functional groups attached to an aromatic ring is 1. The van der Waals surface area contributed by atoms with E-state index < -0.39 is 0 Å². The monoisotopic (exact) mass is 295 g/mol. The Kier molecular flexibility index (Phi) is 3.66. The first-order valence-corrected chi connectivity index (χ1v) is 7.28. The molecule has 0 atom stereocenters. The van der Waals surface area contributed by atoms with Crippen LogP contribution in [-0.2, 0) is 0 Å². The Bertz CT molecular complexity index is 751. The Morgan fingerprint density at radius 1 is 1.00 bits per heavy atom. The average Bonchev–Trinajstić information content (AvgIpc) is 2.96. The summed E-state index contributed by atoms with van der Waals surface area (Å²) in [6.07, 6.45) is 0. The van der Waals surface area contributed by atoms with Crippen molar-refractivity contribution in [1.82, 2.24) is 4.98 Å². The minimum absolute atomic E-state index is 0.254. The van der Waals surface area contributed by atoms with Gasteiger partial charge in [-0.2, -0.15) is 0 Å². The molecule has 1 aromatic heterocycles. The second kappa shape index (κ2) is 5.76. The van der Waals surface area contributed by atoms with Crippen molar-refractivity contribution in [3.63, 3.8) is 0 Å². The van der Waals surface area contributed by atoms with Crippen LogP contribution in [0.1, 0.15) is 10.5 Å². The van der Waals surface area contributed by atoms with E-state index in [0.29, 0.717) is 10.8 Å². The summed E-state index contributed by atoms with van der Waals surface area (Å²) in [5.74, 6) is -0.254. The summed E-state index contributed by atoms with van der Waals surface area (Å²) in [4.78, 5) is 15.9. The molecular formula is C16H13N3OS. The maximum atomic E-state index is 12.0. The Labute approximate surface area is 126 Å². The fourth-order valence-corrected chi connectivity index (χ4v) is 2.51. The van der Waals surface area contributed by atoms with E-state index >= 15 is 0 Å². The largest absolute Gasteiger partial charge is 0.375 e. The zero-order valence-electron chi connectivity index (χ0n) is 11.1. The lowest BCUT2D eigenvalue weighted by Crippen LogP contribution is -2.12. The number of nitrogens with two attached hydrogens (primary N) is 1. The van der Waals surface area contributed by atoms with Gasteiger partial charge in [-0.3, -0.25) is 4.79 Å². The quantitative estimate of drug-likeness (QED) is 0.775. The predicted molar refractivity (Wildman–Crippen MR) is 86.4 cm³/mol. The molecule has 0 fully saturated rings. The highest BCUT2D eigenvalue weighted by Gasteiger charge is 2.09. The van der Waals surface area contributed by atoms with Gasteiger partial charge in [-0.15, -0.1) is 11.3 Å². The minimum atomic E-state index is -0.254. The third-order valence-corrected chi connectivity index (χ3v) is 3.68. The van der Waals surface area contributed by atoms with Crippen molar-refractivity contribution in [2.24, 2.45) is 0 Å². The lowest BCUT2D eigenvalue weighted by molar-refractivity contribution is 0.102. The lowest BCUT2D eigenvalue weighted by Gasteiger charge is -2.05. The molecule has 21 heavy (non-hydrogen) atoms. The molecule has 5 heteroatoms. The number of carbonyl (C=O) groups is 1. The van der Waals surface area contributed by atoms with Gasteiger partial charge in [-0.1, -0.05) is 42.5 Å². The van der Waals surface area contributed by atoms with Crippen molar-refractivity contribution >= 4 is 28.1 Å². The van der Waals surface area contributed by atoms with Crippen LogP contribution in [0.3, 0.4) is 0 Å². The van der Waals surface area contributed by atoms with Crippen LogP contribution in [-0.4, -0.2) is 10.9 Å². The Hall–Kier alpha value is -2.66. The second-order valence-electron chi connectivity index (χ2n) is 4.47. The molecule has 0 bridgehead atoms. The van der Waals surface area contributed by atoms with E-state index in [9.17, 15) is 4.79 Å². The first-order chi connectivity index (χ1) is 10.2. The molecule has 0 aliphatic rings. The van der Waals surface area contributed by atoms with Crippen LogP contribution in [0, 0.1) is 0 Å². The van der Waals surface area contributed by atoms with Gasteiger partial charge in [0.1, 0.15) is 5.69 Å². The molecule has 0 spiro atoms. The number of benzene rings is 2. The van der Waals surface area contributed by atoms with Crippen molar-refractivity contribution in [3.05, 3.63) is 65.7 Å². The molecule has 1 heterocycles. The van der Waals surface area contributed by atoms with Gasteiger partial charge < -0.3 is 11.1 Å². The number of nitrogens with zero attached hydrogens (tertiary/aromatic N) is 1. The third-order valence-electron chi connectivity index (χ3n) is 3.00. The highest BCUT2D eigenvalue weighted by molar-refractivity contribution is 7.13. The number of nitrogens with one attached hydrogen (secondary N) is 1. The zero-order chi connectivity index (χ0) is 14.7. The maximum Gasteiger partial charge on any atom is 0.275 e. The van der Waals surface area contributed by atoms with Gasteiger partial charge in [0.25, 0.3) is 5.91 Å². The number of rotatable bonds is 3. The Morgan fingerprint density at radius 2 is 1.67 bits per heavy atom. The topological polar surface area (TPSA) is 68.0 Å². The molecular weight excluding hydrogens is 282 g/mol. The standard InChI is InChI=1S/C16H13N3OS/c17-16-19-14(10-21-16)15(20)18-13-8-6-12(7-9-13)11-4-2-1-3-5-11/h1-10H,(H2,17,19)(H,18,20). The number of thiazole rings is 1. The number of amides is 1. The molecule has 0 saturated carbocycles. The molecule has 3 N–H and O–H groups in total. The summed E-state index contributed by atoms with van der Waals surface area (Å²) in [6.45, 7) is 0. The lowest BCUT2D eigenvalue weighted by atomic mass is 10.1. The van der Waals surface area contributed by atoms with E-state index in [0.717, 1.165) is 16.8 Å². The Balaban J connectivity index is 1.74. The van der Waals surface area contributed by atoms with E-state index in [1.807, 2.05) is 54.6 Å². The molecule has 0 radical (unpaired) electrons. The van der Waals surface area contributed by atoms with E-state index in [-0.39, 0.29) is 5.91 Å². The van der Waals surface area contributed by atoms with Crippen LogP contribution in [0.4, 0.5) is 10.8 Å². The summed E-state index contributed by atoms with van der Waals surface area (Å²) in [7, 11) is 0. The number of aromatic nitrogens is 1. The average molecular weight is 295 g/mol. The van der Waals surface area contributed by atoms with Crippen LogP contribution in [0.2, 0.25) is 0 Å². The summed E-state index contributed by atoms with van der Waals surface area (Å²) >= 11 is 1.25. The smallest absolute Gasteiger partial charge is 0.275 e. The summed E-state index contributed by atoms with van der Waals surface area (Å²) < 4.78 is 0. The van der Waals surface area contributed by atoms with Gasteiger partial charge in [0.15, 0.2) is 5.13 Å². The van der Waals surface area contributed by atoms with E-state index in [2.05, 4.69) is 10.3 Å². The second-order valence-corrected chi connectivity index (χ2v) is 5.36. The molecule has 0 aliphatic carbocycles. The molecule has 0 unspecified atom stereocenters. The third kappa shape index (κ3) is 3.09. The van der Waals surface area contributed by atoms with Gasteiger partial charge in [-0.05, 0) is 23.3 Å². The number of anilines is 2. The van der Waals surface area contributed by atoms with E-state index in [1.54, 1.807) is 5.38 Å². The minimum Gasteiger partial charge on any atom is -0.375 e. The van der Waals surface area contributed by atoms with Crippen molar-refractivity contribution < 1.29 is 4.79 Å². The van der Waals surface area contributed by atoms with Gasteiger partial charge in [0.2, 0.25) is 0 Å². The number of hydrogen-bond acceptors (Lipinski definition) is 4. The molecule has 3 rings (SSSR count). The SMILES string of the molecule is Nc1nc(C(=O)Nc2ccc(-c3ccccc3)cc2)cs1. The van der Waals surface area contributed by atoms with Crippen LogP contribution < -0.4 is 11.1 Å². The van der Waals surface area contributed by atoms with E-state index in [1.165, 1.54) is 11.3 Å². The maximum absolute atomic E-state index is 12.0. The Morgan fingerprint density at radius 3 is 2.29 bits per heavy atom. The summed E-state index contributed by atoms with van der Waals surface area (Å²) in [5.41, 5.74) is 8.83. The van der Waals surface area contributed by atoms with Gasteiger partial charge in [0.05, 0.1) is 0 Å². The van der Waals surface area contributed by atoms with Crippen molar-refractivity contribution in [3.8, 4) is 11.1 Å². The fraction of sp³-hybridized carbons (Fsp3) is 0. The molecule has 0 saturated heterocycles. The number of carbonyl (C=O) groups excluding carboxylic acids is 1. The first kappa shape index (κ1) is 13.3. The predicted octanol–water partition coefficient (Wildman–Crippen LogP) is 3.64. The highest BCUT2D eigenvalue weighted by Crippen LogP contribution is 2.21. The molecule has 0 aliphatic heterocycles. The fourth-order valence-electron chi connectivity index (χ4n) is 1.96. The van der Waals surface area contributed by atoms with Crippen molar-refractivity contribution in [1.29, 1.82) is 0 Å². The van der Waals surface area contributed by atoms with Gasteiger partial charge in [0, 0.05) is 11.1 Å². The van der Waals surface area contributed by atoms with E-state index in [4.69, 9.17) is 5.73 Å². The molecule has 104 valence electrons. The summed E-state index contributed by atoms with van der Waals surface area (Å²) in [5, 5.41) is 4.83. The molecule has 3 aromatic rings. The van der Waals surface area contributed by atoms with Crippen molar-refractivity contribution in [2.45, 2.75) is 0 Å². The summed E-state index contributed by atoms with van der Waals surface area (Å²) in [6, 6.07) is 17.8. The van der Waals surface area contributed by atoms with Crippen LogP contribution >= 0.6 is 11.3 Å². The van der Waals surface area contributed by atoms with Crippen LogP contribution in [0.15, 0.2) is 60.0 Å².